The molecule has 0 aromatic heterocycles. The molecule has 19 heavy (non-hydrogen) atoms. The maximum atomic E-state index is 12.0. The van der Waals surface area contributed by atoms with Crippen molar-refractivity contribution in [3.63, 3.8) is 0 Å². The number of nitrogens with one attached hydrogen (secondary N) is 1. The van der Waals surface area contributed by atoms with E-state index in [2.05, 4.69) is 5.32 Å². The van der Waals surface area contributed by atoms with E-state index in [1.807, 2.05) is 0 Å². The lowest BCUT2D eigenvalue weighted by atomic mass is 10.2. The highest BCUT2D eigenvalue weighted by molar-refractivity contribution is 5.83. The molecule has 0 bridgehead atoms. The van der Waals surface area contributed by atoms with Crippen molar-refractivity contribution in [1.29, 1.82) is 0 Å². The maximum Gasteiger partial charge on any atom is 0.328 e. The summed E-state index contributed by atoms with van der Waals surface area (Å²) in [7, 11) is 0. The van der Waals surface area contributed by atoms with Gasteiger partial charge in [0.2, 0.25) is 0 Å². The van der Waals surface area contributed by atoms with E-state index in [1.165, 1.54) is 11.8 Å². The third kappa shape index (κ3) is 4.05. The SMILES string of the molecule is CC(O)C(NC(=O)N1CC(CO)OCC1C)C(=O)O. The highest BCUT2D eigenvalue weighted by Crippen LogP contribution is 2.12. The first-order valence-electron chi connectivity index (χ1n) is 6.07. The Morgan fingerprint density at radius 3 is 2.63 bits per heavy atom. The Labute approximate surface area is 111 Å². The van der Waals surface area contributed by atoms with Gasteiger partial charge in [0.25, 0.3) is 0 Å². The number of aliphatic hydroxyl groups excluding tert-OH is 2. The molecule has 2 amide bonds. The summed E-state index contributed by atoms with van der Waals surface area (Å²) in [4.78, 5) is 24.3. The van der Waals surface area contributed by atoms with Gasteiger partial charge in [0.15, 0.2) is 6.04 Å². The first-order valence-corrected chi connectivity index (χ1v) is 6.07. The zero-order chi connectivity index (χ0) is 14.6. The van der Waals surface area contributed by atoms with Crippen LogP contribution in [0.3, 0.4) is 0 Å². The molecule has 110 valence electrons. The van der Waals surface area contributed by atoms with Crippen LogP contribution in [0.2, 0.25) is 0 Å². The molecule has 4 atom stereocenters. The van der Waals surface area contributed by atoms with Crippen molar-refractivity contribution in [3.05, 3.63) is 0 Å². The summed E-state index contributed by atoms with van der Waals surface area (Å²) in [5.74, 6) is -1.30. The second kappa shape index (κ2) is 6.69. The Morgan fingerprint density at radius 2 is 2.16 bits per heavy atom. The first-order chi connectivity index (χ1) is 8.86. The van der Waals surface area contributed by atoms with Gasteiger partial charge in [-0.05, 0) is 13.8 Å². The molecular weight excluding hydrogens is 256 g/mol. The number of carbonyl (C=O) groups excluding carboxylic acids is 1. The van der Waals surface area contributed by atoms with Crippen molar-refractivity contribution in [2.75, 3.05) is 19.8 Å². The number of rotatable bonds is 4. The average molecular weight is 276 g/mol. The van der Waals surface area contributed by atoms with Gasteiger partial charge in [-0.1, -0.05) is 0 Å². The number of hydrogen-bond acceptors (Lipinski definition) is 5. The van der Waals surface area contributed by atoms with Crippen LogP contribution < -0.4 is 5.32 Å². The van der Waals surface area contributed by atoms with E-state index in [9.17, 15) is 14.7 Å². The van der Waals surface area contributed by atoms with Gasteiger partial charge in [0, 0.05) is 0 Å². The Morgan fingerprint density at radius 1 is 1.53 bits per heavy atom. The molecule has 1 rings (SSSR count). The van der Waals surface area contributed by atoms with E-state index in [-0.39, 0.29) is 25.8 Å². The molecular formula is C11H20N2O6. The summed E-state index contributed by atoms with van der Waals surface area (Å²) in [5, 5.41) is 29.5. The van der Waals surface area contributed by atoms with Crippen LogP contribution in [0.15, 0.2) is 0 Å². The van der Waals surface area contributed by atoms with Gasteiger partial charge < -0.3 is 30.3 Å². The summed E-state index contributed by atoms with van der Waals surface area (Å²) >= 11 is 0. The minimum atomic E-state index is -1.37. The second-order valence-electron chi connectivity index (χ2n) is 4.65. The van der Waals surface area contributed by atoms with Crippen LogP contribution in [-0.4, -0.2) is 76.3 Å². The molecule has 1 heterocycles. The number of nitrogens with zero attached hydrogens (tertiary/aromatic N) is 1. The Kier molecular flexibility index (Phi) is 5.52. The monoisotopic (exact) mass is 276 g/mol. The molecule has 0 aromatic rings. The summed E-state index contributed by atoms with van der Waals surface area (Å²) in [6, 6.07) is -2.19. The van der Waals surface area contributed by atoms with Crippen molar-refractivity contribution in [2.45, 2.75) is 38.1 Å². The van der Waals surface area contributed by atoms with Gasteiger partial charge >= 0.3 is 12.0 Å². The van der Waals surface area contributed by atoms with E-state index in [1.54, 1.807) is 6.92 Å². The number of aliphatic carboxylic acids is 1. The largest absolute Gasteiger partial charge is 0.480 e. The van der Waals surface area contributed by atoms with Crippen molar-refractivity contribution < 1.29 is 29.6 Å². The van der Waals surface area contributed by atoms with Crippen LogP contribution in [0.4, 0.5) is 4.79 Å². The van der Waals surface area contributed by atoms with Crippen LogP contribution in [0, 0.1) is 0 Å². The summed E-state index contributed by atoms with van der Waals surface area (Å²) < 4.78 is 5.28. The third-order valence-corrected chi connectivity index (χ3v) is 3.00. The van der Waals surface area contributed by atoms with Gasteiger partial charge in [0.05, 0.1) is 38.0 Å². The molecule has 0 saturated carbocycles. The number of morpholine rings is 1. The lowest BCUT2D eigenvalue weighted by Gasteiger charge is -2.38. The van der Waals surface area contributed by atoms with Gasteiger partial charge in [-0.3, -0.25) is 0 Å². The molecule has 4 unspecified atom stereocenters. The smallest absolute Gasteiger partial charge is 0.328 e. The average Bonchev–Trinajstić information content (AvgIpc) is 2.35. The van der Waals surface area contributed by atoms with Gasteiger partial charge in [-0.25, -0.2) is 9.59 Å². The Balaban J connectivity index is 2.67. The molecule has 1 fully saturated rings. The molecule has 1 aliphatic rings. The van der Waals surface area contributed by atoms with Crippen LogP contribution in [0.5, 0.6) is 0 Å². The maximum absolute atomic E-state index is 12.0. The molecule has 8 nitrogen and oxygen atoms in total. The third-order valence-electron chi connectivity index (χ3n) is 3.00. The number of aliphatic hydroxyl groups is 2. The predicted molar refractivity (Wildman–Crippen MR) is 64.6 cm³/mol. The molecule has 4 N–H and O–H groups in total. The minimum Gasteiger partial charge on any atom is -0.480 e. The standard InChI is InChI=1S/C11H20N2O6/c1-6-5-19-8(4-14)3-13(6)11(18)12-9(7(2)15)10(16)17/h6-9,14-15H,3-5H2,1-2H3,(H,12,18)(H,16,17). The summed E-state index contributed by atoms with van der Waals surface area (Å²) in [5.41, 5.74) is 0. The topological polar surface area (TPSA) is 119 Å². The zero-order valence-electron chi connectivity index (χ0n) is 10.9. The van der Waals surface area contributed by atoms with Crippen LogP contribution in [0.25, 0.3) is 0 Å². The number of urea groups is 1. The van der Waals surface area contributed by atoms with E-state index < -0.39 is 30.3 Å². The molecule has 1 saturated heterocycles. The summed E-state index contributed by atoms with van der Waals surface area (Å²) in [6.07, 6.45) is -1.68. The molecule has 0 radical (unpaired) electrons. The molecule has 1 aliphatic heterocycles. The number of hydrogen-bond donors (Lipinski definition) is 4. The van der Waals surface area contributed by atoms with E-state index in [0.29, 0.717) is 0 Å². The fraction of sp³-hybridized carbons (Fsp3) is 0.818. The molecule has 8 heteroatoms. The first kappa shape index (κ1) is 15.7. The normalized spacial score (nSPS) is 26.6. The number of ether oxygens (including phenoxy) is 1. The summed E-state index contributed by atoms with van der Waals surface area (Å²) in [6.45, 7) is 3.28. The van der Waals surface area contributed by atoms with E-state index in [4.69, 9.17) is 14.9 Å². The fourth-order valence-corrected chi connectivity index (χ4v) is 1.82. The van der Waals surface area contributed by atoms with Gasteiger partial charge in [-0.15, -0.1) is 0 Å². The molecule has 0 aromatic carbocycles. The van der Waals surface area contributed by atoms with Crippen molar-refractivity contribution in [3.8, 4) is 0 Å². The van der Waals surface area contributed by atoms with Crippen molar-refractivity contribution in [1.82, 2.24) is 10.2 Å². The van der Waals surface area contributed by atoms with Crippen LogP contribution >= 0.6 is 0 Å². The lowest BCUT2D eigenvalue weighted by Crippen LogP contribution is -2.59. The van der Waals surface area contributed by atoms with Crippen molar-refractivity contribution in [2.24, 2.45) is 0 Å². The Hall–Kier alpha value is -1.38. The van der Waals surface area contributed by atoms with Crippen LogP contribution in [0.1, 0.15) is 13.8 Å². The predicted octanol–water partition coefficient (Wildman–Crippen LogP) is -1.39. The van der Waals surface area contributed by atoms with Crippen LogP contribution in [-0.2, 0) is 9.53 Å². The number of carboxylic acid groups (broad SMARTS) is 1. The fourth-order valence-electron chi connectivity index (χ4n) is 1.82. The van der Waals surface area contributed by atoms with Gasteiger partial charge in [0.1, 0.15) is 0 Å². The van der Waals surface area contributed by atoms with Gasteiger partial charge in [-0.2, -0.15) is 0 Å². The minimum absolute atomic E-state index is 0.176. The number of carboxylic acids is 1. The molecule has 0 aliphatic carbocycles. The highest BCUT2D eigenvalue weighted by Gasteiger charge is 2.33. The lowest BCUT2D eigenvalue weighted by molar-refractivity contribution is -0.142. The second-order valence-corrected chi connectivity index (χ2v) is 4.65. The van der Waals surface area contributed by atoms with E-state index in [0.717, 1.165) is 0 Å². The molecule has 0 spiro atoms. The number of carbonyl (C=O) groups is 2. The van der Waals surface area contributed by atoms with E-state index >= 15 is 0 Å². The quantitative estimate of drug-likeness (QED) is 0.502. The Bertz CT molecular complexity index is 335. The zero-order valence-corrected chi connectivity index (χ0v) is 10.9. The van der Waals surface area contributed by atoms with Crippen molar-refractivity contribution >= 4 is 12.0 Å². The highest BCUT2D eigenvalue weighted by atomic mass is 16.5. The number of amides is 2.